The van der Waals surface area contributed by atoms with Crippen molar-refractivity contribution in [3.63, 3.8) is 0 Å². The average molecular weight is 255 g/mol. The van der Waals surface area contributed by atoms with Crippen molar-refractivity contribution in [3.8, 4) is 0 Å². The summed E-state index contributed by atoms with van der Waals surface area (Å²) in [4.78, 5) is 15.3. The number of carbonyl (C=O) groups excluding carboxylic acids is 1. The van der Waals surface area contributed by atoms with Gasteiger partial charge in [-0.3, -0.25) is 9.78 Å². The molecule has 19 heavy (non-hydrogen) atoms. The van der Waals surface area contributed by atoms with Gasteiger partial charge >= 0.3 is 0 Å². The first-order chi connectivity index (χ1) is 9.28. The molecule has 0 saturated carbocycles. The van der Waals surface area contributed by atoms with E-state index in [0.29, 0.717) is 6.42 Å². The Morgan fingerprint density at radius 3 is 2.58 bits per heavy atom. The van der Waals surface area contributed by atoms with E-state index in [1.54, 1.807) is 13.2 Å². The highest BCUT2D eigenvalue weighted by molar-refractivity contribution is 5.78. The van der Waals surface area contributed by atoms with Crippen molar-refractivity contribution in [2.75, 3.05) is 12.4 Å². The first-order valence-corrected chi connectivity index (χ1v) is 6.20. The van der Waals surface area contributed by atoms with Crippen molar-refractivity contribution in [2.45, 2.75) is 13.0 Å². The van der Waals surface area contributed by atoms with Gasteiger partial charge in [-0.15, -0.1) is 0 Å². The van der Waals surface area contributed by atoms with Crippen LogP contribution in [0, 0.1) is 0 Å². The van der Waals surface area contributed by atoms with Crippen LogP contribution in [0.4, 0.5) is 5.69 Å². The maximum absolute atomic E-state index is 11.2. The van der Waals surface area contributed by atoms with Gasteiger partial charge in [-0.25, -0.2) is 0 Å². The number of nitrogens with one attached hydrogen (secondary N) is 2. The summed E-state index contributed by atoms with van der Waals surface area (Å²) in [7, 11) is 1.64. The van der Waals surface area contributed by atoms with Gasteiger partial charge in [0.1, 0.15) is 0 Å². The Hall–Kier alpha value is -2.36. The lowest BCUT2D eigenvalue weighted by atomic mass is 10.1. The molecule has 1 heterocycles. The molecule has 0 radical (unpaired) electrons. The molecule has 0 aliphatic rings. The minimum absolute atomic E-state index is 0.0241. The Morgan fingerprint density at radius 2 is 1.95 bits per heavy atom. The monoisotopic (exact) mass is 255 g/mol. The summed E-state index contributed by atoms with van der Waals surface area (Å²) in [6, 6.07) is 11.8. The average Bonchev–Trinajstić information content (AvgIpc) is 2.47. The molecule has 0 saturated heterocycles. The molecule has 1 aromatic heterocycles. The predicted molar refractivity (Wildman–Crippen MR) is 75.8 cm³/mol. The van der Waals surface area contributed by atoms with Crippen LogP contribution in [-0.4, -0.2) is 17.9 Å². The van der Waals surface area contributed by atoms with Crippen molar-refractivity contribution in [3.05, 3.63) is 59.9 Å². The molecular weight excluding hydrogens is 238 g/mol. The molecule has 0 aliphatic heterocycles. The van der Waals surface area contributed by atoms with Gasteiger partial charge in [0.15, 0.2) is 0 Å². The number of pyridine rings is 1. The molecular formula is C15H17N3O. The Bertz CT molecular complexity index is 523. The van der Waals surface area contributed by atoms with Crippen molar-refractivity contribution in [1.29, 1.82) is 0 Å². The number of nitrogens with zero attached hydrogens (tertiary/aromatic N) is 1. The molecule has 1 aromatic carbocycles. The van der Waals surface area contributed by atoms with Gasteiger partial charge in [-0.2, -0.15) is 0 Å². The van der Waals surface area contributed by atoms with Crippen molar-refractivity contribution < 1.29 is 4.79 Å². The largest absolute Gasteiger partial charge is 0.381 e. The summed E-state index contributed by atoms with van der Waals surface area (Å²) in [5, 5.41) is 5.93. The zero-order chi connectivity index (χ0) is 13.5. The van der Waals surface area contributed by atoms with E-state index in [9.17, 15) is 4.79 Å². The number of carbonyl (C=O) groups is 1. The zero-order valence-electron chi connectivity index (χ0n) is 10.9. The van der Waals surface area contributed by atoms with Crippen molar-refractivity contribution in [2.24, 2.45) is 0 Å². The van der Waals surface area contributed by atoms with Crippen LogP contribution in [0.25, 0.3) is 0 Å². The summed E-state index contributed by atoms with van der Waals surface area (Å²) >= 11 is 0. The van der Waals surface area contributed by atoms with Crippen molar-refractivity contribution in [1.82, 2.24) is 10.3 Å². The van der Waals surface area contributed by atoms with Crippen LogP contribution in [0.5, 0.6) is 0 Å². The van der Waals surface area contributed by atoms with Gasteiger partial charge in [0.25, 0.3) is 0 Å². The Balaban J connectivity index is 1.90. The normalized spacial score (nSPS) is 9.95. The summed E-state index contributed by atoms with van der Waals surface area (Å²) in [6.07, 6.45) is 4.02. The van der Waals surface area contributed by atoms with Gasteiger partial charge in [0, 0.05) is 31.7 Å². The standard InChI is InChI=1S/C15H17N3O/c1-16-15(19)9-12-4-6-14(7-5-12)18-11-13-3-2-8-17-10-13/h2-8,10,18H,9,11H2,1H3,(H,16,19). The second-order valence-electron chi connectivity index (χ2n) is 4.26. The predicted octanol–water partition coefficient (Wildman–Crippen LogP) is 1.98. The molecule has 0 fully saturated rings. The Morgan fingerprint density at radius 1 is 1.16 bits per heavy atom. The second-order valence-corrected chi connectivity index (χ2v) is 4.26. The van der Waals surface area contributed by atoms with Gasteiger partial charge < -0.3 is 10.6 Å². The van der Waals surface area contributed by atoms with E-state index in [1.807, 2.05) is 42.6 Å². The summed E-state index contributed by atoms with van der Waals surface area (Å²) < 4.78 is 0. The molecule has 98 valence electrons. The number of hydrogen-bond acceptors (Lipinski definition) is 3. The SMILES string of the molecule is CNC(=O)Cc1ccc(NCc2cccnc2)cc1. The van der Waals surface area contributed by atoms with Gasteiger partial charge in [0.05, 0.1) is 6.42 Å². The molecule has 0 unspecified atom stereocenters. The third-order valence-corrected chi connectivity index (χ3v) is 2.82. The summed E-state index contributed by atoms with van der Waals surface area (Å²) in [5.41, 5.74) is 3.17. The first-order valence-electron chi connectivity index (χ1n) is 6.20. The Labute approximate surface area is 112 Å². The summed E-state index contributed by atoms with van der Waals surface area (Å²) in [6.45, 7) is 0.739. The van der Waals surface area contributed by atoms with Gasteiger partial charge in [-0.05, 0) is 29.3 Å². The van der Waals surface area contributed by atoms with E-state index in [1.165, 1.54) is 0 Å². The van der Waals surface area contributed by atoms with E-state index < -0.39 is 0 Å². The van der Waals surface area contributed by atoms with E-state index in [4.69, 9.17) is 0 Å². The lowest BCUT2D eigenvalue weighted by Gasteiger charge is -2.07. The second kappa shape index (κ2) is 6.54. The molecule has 4 heteroatoms. The van der Waals surface area contributed by atoms with Crippen LogP contribution in [0.15, 0.2) is 48.8 Å². The highest BCUT2D eigenvalue weighted by Gasteiger charge is 2.00. The minimum Gasteiger partial charge on any atom is -0.381 e. The number of anilines is 1. The summed E-state index contributed by atoms with van der Waals surface area (Å²) in [5.74, 6) is 0.0241. The van der Waals surface area contributed by atoms with E-state index in [-0.39, 0.29) is 5.91 Å². The molecule has 0 atom stereocenters. The third-order valence-electron chi connectivity index (χ3n) is 2.82. The number of likely N-dealkylation sites (N-methyl/N-ethyl adjacent to an activating group) is 1. The van der Waals surface area contributed by atoms with Crippen LogP contribution in [0.1, 0.15) is 11.1 Å². The molecule has 0 bridgehead atoms. The van der Waals surface area contributed by atoms with Crippen LogP contribution in [-0.2, 0) is 17.8 Å². The number of aromatic nitrogens is 1. The smallest absolute Gasteiger partial charge is 0.224 e. The van der Waals surface area contributed by atoms with Crippen LogP contribution in [0.3, 0.4) is 0 Å². The zero-order valence-corrected chi connectivity index (χ0v) is 10.9. The molecule has 0 aliphatic carbocycles. The van der Waals surface area contributed by atoms with E-state index >= 15 is 0 Å². The van der Waals surface area contributed by atoms with Crippen LogP contribution < -0.4 is 10.6 Å². The Kier molecular flexibility index (Phi) is 4.50. The number of hydrogen-bond donors (Lipinski definition) is 2. The van der Waals surface area contributed by atoms with E-state index in [0.717, 1.165) is 23.4 Å². The lowest BCUT2D eigenvalue weighted by Crippen LogP contribution is -2.19. The molecule has 2 aromatic rings. The lowest BCUT2D eigenvalue weighted by molar-refractivity contribution is -0.119. The third kappa shape index (κ3) is 4.10. The highest BCUT2D eigenvalue weighted by atomic mass is 16.1. The molecule has 4 nitrogen and oxygen atoms in total. The first kappa shape index (κ1) is 13.1. The van der Waals surface area contributed by atoms with Gasteiger partial charge in [-0.1, -0.05) is 18.2 Å². The number of benzene rings is 1. The molecule has 0 spiro atoms. The fraction of sp³-hybridized carbons (Fsp3) is 0.200. The number of rotatable bonds is 5. The topological polar surface area (TPSA) is 54.0 Å². The van der Waals surface area contributed by atoms with Gasteiger partial charge in [0.2, 0.25) is 5.91 Å². The molecule has 1 amide bonds. The highest BCUT2D eigenvalue weighted by Crippen LogP contribution is 2.11. The maximum atomic E-state index is 11.2. The fourth-order valence-electron chi connectivity index (χ4n) is 1.72. The fourth-order valence-corrected chi connectivity index (χ4v) is 1.72. The number of amides is 1. The van der Waals surface area contributed by atoms with Crippen LogP contribution >= 0.6 is 0 Å². The minimum atomic E-state index is 0.0241. The molecule has 2 N–H and O–H groups in total. The van der Waals surface area contributed by atoms with Crippen LogP contribution in [0.2, 0.25) is 0 Å². The maximum Gasteiger partial charge on any atom is 0.224 e. The van der Waals surface area contributed by atoms with Crippen molar-refractivity contribution >= 4 is 11.6 Å². The van der Waals surface area contributed by atoms with E-state index in [2.05, 4.69) is 15.6 Å². The molecule has 2 rings (SSSR count). The quantitative estimate of drug-likeness (QED) is 0.859.